The molecule has 37 heavy (non-hydrogen) atoms. The smallest absolute Gasteiger partial charge is 0.389 e. The molecule has 2 N–H and O–H groups in total. The highest BCUT2D eigenvalue weighted by Crippen LogP contribution is 2.36. The zero-order chi connectivity index (χ0) is 26.8. The molecule has 4 rings (SSSR count). The molecule has 1 aliphatic heterocycles. The molecule has 200 valence electrons. The standard InChI is InChI=1S/C14H18N4O3S2.C9H7F3OS/c1-15-14-17-10(8-22-14)13-9(16-11(7-19)23-13)6-12(20)18-2-4-21-5-3-18;10-9(11,12)14-8-3-1-7(2-4-8)5-6-13/h8,19H,2-7H2,1H3,(H,15,17);1-4,6H,5H2. The summed E-state index contributed by atoms with van der Waals surface area (Å²) < 4.78 is 41.0. The van der Waals surface area contributed by atoms with E-state index in [0.717, 1.165) is 15.7 Å². The molecule has 2 aromatic heterocycles. The third-order valence-electron chi connectivity index (χ3n) is 4.99. The quantitative estimate of drug-likeness (QED) is 0.304. The van der Waals surface area contributed by atoms with Crippen molar-refractivity contribution in [2.75, 3.05) is 38.7 Å². The number of thioether (sulfide) groups is 1. The average Bonchev–Trinajstić information content (AvgIpc) is 3.52. The molecule has 8 nitrogen and oxygen atoms in total. The lowest BCUT2D eigenvalue weighted by atomic mass is 10.2. The molecule has 3 heterocycles. The summed E-state index contributed by atoms with van der Waals surface area (Å²) >= 11 is 2.72. The highest BCUT2D eigenvalue weighted by atomic mass is 32.2. The van der Waals surface area contributed by atoms with Gasteiger partial charge in [-0.3, -0.25) is 4.79 Å². The largest absolute Gasteiger partial charge is 0.446 e. The highest BCUT2D eigenvalue weighted by Gasteiger charge is 2.29. The number of rotatable bonds is 8. The van der Waals surface area contributed by atoms with Crippen molar-refractivity contribution in [1.82, 2.24) is 14.9 Å². The molecule has 3 aromatic rings. The van der Waals surface area contributed by atoms with Crippen molar-refractivity contribution in [3.63, 3.8) is 0 Å². The third kappa shape index (κ3) is 9.07. The van der Waals surface area contributed by atoms with Crippen molar-refractivity contribution in [3.05, 3.63) is 45.9 Å². The second-order valence-corrected chi connectivity index (χ2v) is 10.6. The molecular weight excluding hydrogens is 549 g/mol. The average molecular weight is 575 g/mol. The summed E-state index contributed by atoms with van der Waals surface area (Å²) in [6.45, 7) is 2.26. The molecule has 1 amide bonds. The SMILES string of the molecule is CNc1nc(-c2sc(CO)nc2CC(=O)N2CCOCC2)cs1.O=CCc1ccc(SC(F)(F)F)cc1. The Morgan fingerprint density at radius 3 is 2.51 bits per heavy atom. The Balaban J connectivity index is 0.000000233. The van der Waals surface area contributed by atoms with Crippen molar-refractivity contribution >= 4 is 51.8 Å². The maximum Gasteiger partial charge on any atom is 0.446 e. The Kier molecular flexibility index (Phi) is 10.9. The van der Waals surface area contributed by atoms with Crippen LogP contribution in [0.3, 0.4) is 0 Å². The van der Waals surface area contributed by atoms with Gasteiger partial charge in [-0.25, -0.2) is 9.97 Å². The molecule has 0 bridgehead atoms. The predicted octanol–water partition coefficient (Wildman–Crippen LogP) is 4.24. The summed E-state index contributed by atoms with van der Waals surface area (Å²) in [6, 6.07) is 5.75. The lowest BCUT2D eigenvalue weighted by Gasteiger charge is -2.26. The number of anilines is 1. The fourth-order valence-corrected chi connectivity index (χ4v) is 5.45. The number of ether oxygens (including phenoxy) is 1. The van der Waals surface area contributed by atoms with Gasteiger partial charge in [0.05, 0.1) is 42.5 Å². The van der Waals surface area contributed by atoms with E-state index in [1.54, 1.807) is 4.90 Å². The molecule has 0 aliphatic carbocycles. The van der Waals surface area contributed by atoms with Gasteiger partial charge in [0.2, 0.25) is 5.91 Å². The van der Waals surface area contributed by atoms with E-state index in [2.05, 4.69) is 15.3 Å². The summed E-state index contributed by atoms with van der Waals surface area (Å²) in [4.78, 5) is 34.2. The van der Waals surface area contributed by atoms with E-state index in [4.69, 9.17) is 4.74 Å². The van der Waals surface area contributed by atoms with Crippen LogP contribution in [0.5, 0.6) is 0 Å². The van der Waals surface area contributed by atoms with Crippen LogP contribution in [0.25, 0.3) is 10.6 Å². The van der Waals surface area contributed by atoms with Crippen LogP contribution in [0.4, 0.5) is 18.3 Å². The van der Waals surface area contributed by atoms with Gasteiger partial charge in [-0.1, -0.05) is 12.1 Å². The Morgan fingerprint density at radius 2 is 1.95 bits per heavy atom. The first kappa shape index (κ1) is 29.0. The number of aromatic nitrogens is 2. The lowest BCUT2D eigenvalue weighted by molar-refractivity contribution is -0.134. The van der Waals surface area contributed by atoms with Crippen LogP contribution in [0.2, 0.25) is 0 Å². The normalized spacial score (nSPS) is 13.6. The molecule has 0 saturated carbocycles. The number of hydrogen-bond donors (Lipinski definition) is 2. The second kappa shape index (κ2) is 13.9. The van der Waals surface area contributed by atoms with Gasteiger partial charge < -0.3 is 24.9 Å². The van der Waals surface area contributed by atoms with Gasteiger partial charge in [-0.05, 0) is 29.5 Å². The number of nitrogens with one attached hydrogen (secondary N) is 1. The minimum absolute atomic E-state index is 0.0356. The van der Waals surface area contributed by atoms with Crippen LogP contribution in [0.1, 0.15) is 16.3 Å². The summed E-state index contributed by atoms with van der Waals surface area (Å²) in [6.07, 6.45) is 1.17. The summed E-state index contributed by atoms with van der Waals surface area (Å²) in [5, 5.41) is 15.7. The first-order valence-corrected chi connectivity index (χ1v) is 13.6. The minimum Gasteiger partial charge on any atom is -0.389 e. The lowest BCUT2D eigenvalue weighted by Crippen LogP contribution is -2.41. The number of hydrogen-bond acceptors (Lipinski definition) is 10. The van der Waals surface area contributed by atoms with Gasteiger partial charge in [0, 0.05) is 36.8 Å². The zero-order valence-corrected chi connectivity index (χ0v) is 22.2. The van der Waals surface area contributed by atoms with E-state index in [-0.39, 0.29) is 42.0 Å². The van der Waals surface area contributed by atoms with E-state index < -0.39 is 5.51 Å². The third-order valence-corrected chi connectivity index (χ3v) is 7.69. The van der Waals surface area contributed by atoms with Gasteiger partial charge in [0.15, 0.2) is 5.13 Å². The van der Waals surface area contributed by atoms with E-state index in [0.29, 0.717) is 48.9 Å². The van der Waals surface area contributed by atoms with Gasteiger partial charge >= 0.3 is 5.51 Å². The maximum absolute atomic E-state index is 12.5. The molecule has 1 fully saturated rings. The van der Waals surface area contributed by atoms with Gasteiger partial charge in [-0.15, -0.1) is 22.7 Å². The van der Waals surface area contributed by atoms with E-state index >= 15 is 0 Å². The second-order valence-electron chi connectivity index (χ2n) is 7.56. The molecule has 1 aliphatic rings. The first-order chi connectivity index (χ1) is 17.7. The molecule has 14 heteroatoms. The van der Waals surface area contributed by atoms with Gasteiger partial charge in [0.25, 0.3) is 0 Å². The van der Waals surface area contributed by atoms with Crippen LogP contribution in [-0.4, -0.2) is 71.0 Å². The zero-order valence-electron chi connectivity index (χ0n) is 19.8. The van der Waals surface area contributed by atoms with Gasteiger partial charge in [0.1, 0.15) is 11.3 Å². The van der Waals surface area contributed by atoms with E-state index in [1.807, 2.05) is 12.4 Å². The number of carbonyl (C=O) groups excluding carboxylic acids is 2. The van der Waals surface area contributed by atoms with Crippen LogP contribution in [0.15, 0.2) is 34.5 Å². The molecule has 0 radical (unpaired) electrons. The monoisotopic (exact) mass is 574 g/mol. The van der Waals surface area contributed by atoms with Crippen molar-refractivity contribution in [3.8, 4) is 10.6 Å². The number of amides is 1. The number of nitrogens with zero attached hydrogens (tertiary/aromatic N) is 3. The molecule has 1 saturated heterocycles. The number of aliphatic hydroxyl groups is 1. The number of carbonyl (C=O) groups is 2. The van der Waals surface area contributed by atoms with E-state index in [1.165, 1.54) is 46.9 Å². The molecule has 0 unspecified atom stereocenters. The predicted molar refractivity (Wildman–Crippen MR) is 138 cm³/mol. The highest BCUT2D eigenvalue weighted by molar-refractivity contribution is 8.00. The number of morpholine rings is 1. The number of thiazole rings is 2. The van der Waals surface area contributed by atoms with Crippen molar-refractivity contribution in [2.24, 2.45) is 0 Å². The van der Waals surface area contributed by atoms with Crippen molar-refractivity contribution < 1.29 is 32.6 Å². The first-order valence-electron chi connectivity index (χ1n) is 11.1. The molecule has 0 atom stereocenters. The minimum atomic E-state index is -4.26. The number of benzene rings is 1. The fraction of sp³-hybridized carbons (Fsp3) is 0.391. The summed E-state index contributed by atoms with van der Waals surface area (Å²) in [5.74, 6) is 0.0356. The van der Waals surface area contributed by atoms with Crippen LogP contribution in [-0.2, 0) is 33.8 Å². The van der Waals surface area contributed by atoms with Crippen LogP contribution in [0, 0.1) is 0 Å². The number of alkyl halides is 3. The van der Waals surface area contributed by atoms with Crippen LogP contribution < -0.4 is 5.32 Å². The summed E-state index contributed by atoms with van der Waals surface area (Å²) in [5.41, 5.74) is -2.07. The van der Waals surface area contributed by atoms with Crippen LogP contribution >= 0.6 is 34.4 Å². The molecule has 1 aromatic carbocycles. The summed E-state index contributed by atoms with van der Waals surface area (Å²) in [7, 11) is 1.82. The Hall–Kier alpha value is -2.52. The Bertz CT molecular complexity index is 1160. The topological polar surface area (TPSA) is 105 Å². The fourth-order valence-electron chi connectivity index (χ4n) is 3.27. The van der Waals surface area contributed by atoms with E-state index in [9.17, 15) is 27.9 Å². The van der Waals surface area contributed by atoms with Crippen molar-refractivity contribution in [1.29, 1.82) is 0 Å². The molecule has 0 spiro atoms. The Labute approximate surface area is 223 Å². The number of aliphatic hydroxyl groups excluding tert-OH is 1. The Morgan fingerprint density at radius 1 is 1.24 bits per heavy atom. The van der Waals surface area contributed by atoms with Crippen molar-refractivity contribution in [2.45, 2.75) is 29.9 Å². The maximum atomic E-state index is 12.5. The number of aldehydes is 1. The number of halogens is 3. The molecular formula is C23H25F3N4O4S3. The van der Waals surface area contributed by atoms with Gasteiger partial charge in [-0.2, -0.15) is 13.2 Å².